The quantitative estimate of drug-likeness (QED) is 0.731. The summed E-state index contributed by atoms with van der Waals surface area (Å²) in [5.41, 5.74) is 2.27. The smallest absolute Gasteiger partial charge is 0.274 e. The van der Waals surface area contributed by atoms with E-state index >= 15 is 0 Å². The first-order chi connectivity index (χ1) is 13.2. The summed E-state index contributed by atoms with van der Waals surface area (Å²) in [6.07, 6.45) is 4.03. The second-order valence-corrected chi connectivity index (χ2v) is 6.86. The summed E-state index contributed by atoms with van der Waals surface area (Å²) in [6.45, 7) is 5.61. The lowest BCUT2D eigenvalue weighted by Gasteiger charge is -2.32. The van der Waals surface area contributed by atoms with Crippen LogP contribution >= 0.6 is 0 Å². The number of benzene rings is 1. The van der Waals surface area contributed by atoms with E-state index in [-0.39, 0.29) is 5.91 Å². The number of carbonyl (C=O) groups is 1. The number of hydrogen-bond acceptors (Lipinski definition) is 6. The minimum absolute atomic E-state index is 0.258. The normalized spacial score (nSPS) is 14.8. The van der Waals surface area contributed by atoms with Gasteiger partial charge < -0.3 is 20.3 Å². The van der Waals surface area contributed by atoms with Gasteiger partial charge in [0.05, 0.1) is 6.61 Å². The van der Waals surface area contributed by atoms with Crippen LogP contribution in [0.25, 0.3) is 0 Å². The van der Waals surface area contributed by atoms with E-state index in [4.69, 9.17) is 4.74 Å². The molecule has 7 heteroatoms. The summed E-state index contributed by atoms with van der Waals surface area (Å²) in [7, 11) is 1.63. The molecule has 0 radical (unpaired) electrons. The largest absolute Gasteiger partial charge is 0.383 e. The van der Waals surface area contributed by atoms with Gasteiger partial charge in [-0.05, 0) is 49.1 Å². The molecule has 2 N–H and O–H groups in total. The van der Waals surface area contributed by atoms with Crippen molar-refractivity contribution >= 4 is 23.2 Å². The molecule has 144 valence electrons. The van der Waals surface area contributed by atoms with Gasteiger partial charge in [0.1, 0.15) is 5.69 Å². The number of anilines is 3. The first-order valence-electron chi connectivity index (χ1n) is 9.38. The predicted molar refractivity (Wildman–Crippen MR) is 107 cm³/mol. The maximum Gasteiger partial charge on any atom is 0.274 e. The third-order valence-electron chi connectivity index (χ3n) is 4.75. The van der Waals surface area contributed by atoms with Crippen LogP contribution in [0.5, 0.6) is 0 Å². The molecule has 7 nitrogen and oxygen atoms in total. The SMILES string of the molecule is COCCNc1nccc(C(=O)Nc2ccc(N3CCC(C)CC3)cc2)n1. The summed E-state index contributed by atoms with van der Waals surface area (Å²) in [5, 5.41) is 5.91. The van der Waals surface area contributed by atoms with E-state index < -0.39 is 0 Å². The van der Waals surface area contributed by atoms with Gasteiger partial charge in [-0.1, -0.05) is 6.92 Å². The van der Waals surface area contributed by atoms with Crippen molar-refractivity contribution in [3.8, 4) is 0 Å². The summed E-state index contributed by atoms with van der Waals surface area (Å²) in [6, 6.07) is 9.58. The van der Waals surface area contributed by atoms with Crippen molar-refractivity contribution < 1.29 is 9.53 Å². The lowest BCUT2D eigenvalue weighted by Crippen LogP contribution is -2.32. The number of aromatic nitrogens is 2. The second kappa shape index (κ2) is 9.32. The van der Waals surface area contributed by atoms with Crippen LogP contribution in [-0.4, -0.2) is 49.2 Å². The van der Waals surface area contributed by atoms with Crippen LogP contribution in [0.2, 0.25) is 0 Å². The van der Waals surface area contributed by atoms with E-state index in [1.165, 1.54) is 18.5 Å². The van der Waals surface area contributed by atoms with Crippen molar-refractivity contribution in [1.82, 2.24) is 9.97 Å². The molecule has 0 atom stereocenters. The van der Waals surface area contributed by atoms with E-state index in [9.17, 15) is 4.79 Å². The average Bonchev–Trinajstić information content (AvgIpc) is 2.70. The Labute approximate surface area is 160 Å². The Morgan fingerprint density at radius 1 is 1.22 bits per heavy atom. The summed E-state index contributed by atoms with van der Waals surface area (Å²) < 4.78 is 4.98. The molecule has 0 aliphatic carbocycles. The van der Waals surface area contributed by atoms with Crippen molar-refractivity contribution in [3.63, 3.8) is 0 Å². The van der Waals surface area contributed by atoms with Gasteiger partial charge in [0.15, 0.2) is 0 Å². The van der Waals surface area contributed by atoms with Gasteiger partial charge in [0.2, 0.25) is 5.95 Å². The molecule has 1 fully saturated rings. The lowest BCUT2D eigenvalue weighted by atomic mass is 9.99. The fraction of sp³-hybridized carbons (Fsp3) is 0.450. The fourth-order valence-electron chi connectivity index (χ4n) is 3.05. The molecule has 1 saturated heterocycles. The first-order valence-corrected chi connectivity index (χ1v) is 9.38. The monoisotopic (exact) mass is 369 g/mol. The van der Waals surface area contributed by atoms with Crippen LogP contribution in [0.3, 0.4) is 0 Å². The predicted octanol–water partition coefficient (Wildman–Crippen LogP) is 3.02. The average molecular weight is 369 g/mol. The van der Waals surface area contributed by atoms with Gasteiger partial charge in [-0.25, -0.2) is 9.97 Å². The molecular formula is C20H27N5O2. The Bertz CT molecular complexity index is 742. The molecule has 2 heterocycles. The van der Waals surface area contributed by atoms with Gasteiger partial charge in [-0.2, -0.15) is 0 Å². The van der Waals surface area contributed by atoms with E-state index in [0.29, 0.717) is 24.8 Å². The molecule has 1 amide bonds. The molecule has 0 spiro atoms. The molecule has 1 aromatic heterocycles. The van der Waals surface area contributed by atoms with Crippen LogP contribution in [0.1, 0.15) is 30.3 Å². The number of amides is 1. The minimum atomic E-state index is -0.258. The van der Waals surface area contributed by atoms with Crippen molar-refractivity contribution in [2.45, 2.75) is 19.8 Å². The Kier molecular flexibility index (Phi) is 6.59. The van der Waals surface area contributed by atoms with Gasteiger partial charge in [-0.3, -0.25) is 4.79 Å². The highest BCUT2D eigenvalue weighted by molar-refractivity contribution is 6.03. The highest BCUT2D eigenvalue weighted by Crippen LogP contribution is 2.24. The number of ether oxygens (including phenoxy) is 1. The Hall–Kier alpha value is -2.67. The summed E-state index contributed by atoms with van der Waals surface area (Å²) in [5.74, 6) is 0.961. The minimum Gasteiger partial charge on any atom is -0.383 e. The van der Waals surface area contributed by atoms with Gasteiger partial charge in [-0.15, -0.1) is 0 Å². The lowest BCUT2D eigenvalue weighted by molar-refractivity contribution is 0.102. The highest BCUT2D eigenvalue weighted by Gasteiger charge is 2.16. The van der Waals surface area contributed by atoms with Gasteiger partial charge in [0.25, 0.3) is 5.91 Å². The van der Waals surface area contributed by atoms with Crippen LogP contribution in [-0.2, 0) is 4.74 Å². The number of carbonyl (C=O) groups excluding carboxylic acids is 1. The number of nitrogens with zero attached hydrogens (tertiary/aromatic N) is 3. The van der Waals surface area contributed by atoms with Gasteiger partial charge in [0, 0.05) is 44.3 Å². The van der Waals surface area contributed by atoms with E-state index in [2.05, 4.69) is 44.6 Å². The maximum atomic E-state index is 12.5. The maximum absolute atomic E-state index is 12.5. The number of hydrogen-bond donors (Lipinski definition) is 2. The van der Waals surface area contributed by atoms with Crippen molar-refractivity contribution in [2.75, 3.05) is 48.9 Å². The fourth-order valence-corrected chi connectivity index (χ4v) is 3.05. The van der Waals surface area contributed by atoms with Crippen molar-refractivity contribution in [1.29, 1.82) is 0 Å². The second-order valence-electron chi connectivity index (χ2n) is 6.86. The molecule has 0 saturated carbocycles. The van der Waals surface area contributed by atoms with Crippen molar-refractivity contribution in [3.05, 3.63) is 42.2 Å². The molecule has 0 unspecified atom stereocenters. The summed E-state index contributed by atoms with van der Waals surface area (Å²) in [4.78, 5) is 23.2. The molecule has 1 aromatic carbocycles. The van der Waals surface area contributed by atoms with E-state index in [1.54, 1.807) is 19.4 Å². The Morgan fingerprint density at radius 3 is 2.67 bits per heavy atom. The first kappa shape index (κ1) is 19.1. The Morgan fingerprint density at radius 2 is 1.96 bits per heavy atom. The number of rotatable bonds is 7. The molecule has 27 heavy (non-hydrogen) atoms. The van der Waals surface area contributed by atoms with Crippen LogP contribution in [0, 0.1) is 5.92 Å². The number of methoxy groups -OCH3 is 1. The molecule has 3 rings (SSSR count). The Balaban J connectivity index is 1.58. The summed E-state index contributed by atoms with van der Waals surface area (Å²) >= 11 is 0. The zero-order chi connectivity index (χ0) is 19.1. The number of nitrogens with one attached hydrogen (secondary N) is 2. The van der Waals surface area contributed by atoms with E-state index in [0.717, 1.165) is 24.7 Å². The molecular weight excluding hydrogens is 342 g/mol. The molecule has 1 aliphatic heterocycles. The molecule has 0 bridgehead atoms. The van der Waals surface area contributed by atoms with Crippen LogP contribution < -0.4 is 15.5 Å². The van der Waals surface area contributed by atoms with Crippen LogP contribution in [0.15, 0.2) is 36.5 Å². The molecule has 1 aliphatic rings. The van der Waals surface area contributed by atoms with Crippen LogP contribution in [0.4, 0.5) is 17.3 Å². The zero-order valence-corrected chi connectivity index (χ0v) is 15.9. The zero-order valence-electron chi connectivity index (χ0n) is 15.9. The number of piperidine rings is 1. The third-order valence-corrected chi connectivity index (χ3v) is 4.75. The van der Waals surface area contributed by atoms with Gasteiger partial charge >= 0.3 is 0 Å². The molecule has 2 aromatic rings. The topological polar surface area (TPSA) is 79.4 Å². The third kappa shape index (κ3) is 5.40. The van der Waals surface area contributed by atoms with E-state index in [1.807, 2.05) is 12.1 Å². The van der Waals surface area contributed by atoms with Crippen molar-refractivity contribution in [2.24, 2.45) is 5.92 Å². The standard InChI is InChI=1S/C20H27N5O2/c1-15-8-12-25(13-9-15)17-5-3-16(4-6-17)23-19(26)18-7-10-21-20(24-18)22-11-14-27-2/h3-7,10,15H,8-9,11-14H2,1-2H3,(H,23,26)(H,21,22,24). The highest BCUT2D eigenvalue weighted by atomic mass is 16.5.